The van der Waals surface area contributed by atoms with Crippen LogP contribution in [0.3, 0.4) is 0 Å². The molecule has 0 bridgehead atoms. The quantitative estimate of drug-likeness (QED) is 0.608. The molecular formula is C9H19NO2. The van der Waals surface area contributed by atoms with Crippen LogP contribution in [0.2, 0.25) is 0 Å². The smallest absolute Gasteiger partial charge is 0.246 e. The first-order valence-corrected chi connectivity index (χ1v) is 4.47. The number of hydrogen-bond donors (Lipinski definition) is 0. The molecule has 0 aromatic carbocycles. The molecule has 0 rings (SSSR count). The highest BCUT2D eigenvalue weighted by atomic mass is 16.7. The summed E-state index contributed by atoms with van der Waals surface area (Å²) >= 11 is 0. The van der Waals surface area contributed by atoms with Gasteiger partial charge in [0.05, 0.1) is 12.1 Å². The molecule has 0 fully saturated rings. The number of amides is 1. The van der Waals surface area contributed by atoms with E-state index in [0.29, 0.717) is 6.42 Å². The summed E-state index contributed by atoms with van der Waals surface area (Å²) in [6.07, 6.45) is 0.549. The second kappa shape index (κ2) is 5.14. The number of rotatable bonds is 4. The van der Waals surface area contributed by atoms with Crippen molar-refractivity contribution < 1.29 is 9.63 Å². The molecule has 1 amide bonds. The second-order valence-electron chi connectivity index (χ2n) is 3.32. The lowest BCUT2D eigenvalue weighted by Crippen LogP contribution is -2.38. The lowest BCUT2D eigenvalue weighted by atomic mass is 10.3. The van der Waals surface area contributed by atoms with Crippen LogP contribution in [-0.2, 0) is 9.63 Å². The highest BCUT2D eigenvalue weighted by Crippen LogP contribution is 2.05. The SMILES string of the molecule is CCC(=O)N(OC(C)C)C(C)C. The van der Waals surface area contributed by atoms with Crippen molar-refractivity contribution in [3.05, 3.63) is 0 Å². The van der Waals surface area contributed by atoms with Gasteiger partial charge in [-0.3, -0.25) is 9.63 Å². The van der Waals surface area contributed by atoms with Crippen LogP contribution in [0.4, 0.5) is 0 Å². The van der Waals surface area contributed by atoms with Gasteiger partial charge < -0.3 is 0 Å². The summed E-state index contributed by atoms with van der Waals surface area (Å²) in [6.45, 7) is 9.55. The largest absolute Gasteiger partial charge is 0.273 e. The van der Waals surface area contributed by atoms with Gasteiger partial charge in [-0.2, -0.15) is 0 Å². The van der Waals surface area contributed by atoms with Gasteiger partial charge in [0.15, 0.2) is 0 Å². The summed E-state index contributed by atoms with van der Waals surface area (Å²) < 4.78 is 0. The molecule has 0 heterocycles. The van der Waals surface area contributed by atoms with Crippen molar-refractivity contribution in [2.24, 2.45) is 0 Å². The first-order valence-electron chi connectivity index (χ1n) is 4.47. The number of hydrogen-bond acceptors (Lipinski definition) is 2. The maximum absolute atomic E-state index is 11.3. The van der Waals surface area contributed by atoms with E-state index in [1.165, 1.54) is 5.06 Å². The Hall–Kier alpha value is -0.570. The molecule has 3 heteroatoms. The van der Waals surface area contributed by atoms with Crippen molar-refractivity contribution in [1.82, 2.24) is 5.06 Å². The maximum Gasteiger partial charge on any atom is 0.246 e. The lowest BCUT2D eigenvalue weighted by Gasteiger charge is -2.27. The number of carbonyl (C=O) groups is 1. The van der Waals surface area contributed by atoms with Crippen LogP contribution in [0, 0.1) is 0 Å². The predicted octanol–water partition coefficient (Wildman–Crippen LogP) is 1.97. The molecule has 0 N–H and O–H groups in total. The standard InChI is InChI=1S/C9H19NO2/c1-6-9(11)10(7(2)3)12-8(4)5/h7-8H,6H2,1-5H3. The van der Waals surface area contributed by atoms with E-state index in [-0.39, 0.29) is 18.1 Å². The van der Waals surface area contributed by atoms with Gasteiger partial charge in [-0.15, -0.1) is 0 Å². The molecule has 0 unspecified atom stereocenters. The Balaban J connectivity index is 4.13. The van der Waals surface area contributed by atoms with Crippen molar-refractivity contribution in [2.45, 2.75) is 53.2 Å². The van der Waals surface area contributed by atoms with Crippen LogP contribution in [0.15, 0.2) is 0 Å². The van der Waals surface area contributed by atoms with Crippen LogP contribution >= 0.6 is 0 Å². The zero-order valence-corrected chi connectivity index (χ0v) is 8.63. The van der Waals surface area contributed by atoms with Crippen LogP contribution in [0.1, 0.15) is 41.0 Å². The number of nitrogens with zero attached hydrogens (tertiary/aromatic N) is 1. The third-order valence-corrected chi connectivity index (χ3v) is 1.34. The molecule has 0 aliphatic carbocycles. The Morgan fingerprint density at radius 1 is 1.33 bits per heavy atom. The molecule has 0 aliphatic heterocycles. The average Bonchev–Trinajstić information content (AvgIpc) is 1.98. The molecule has 0 atom stereocenters. The van der Waals surface area contributed by atoms with Crippen LogP contribution in [0.25, 0.3) is 0 Å². The van der Waals surface area contributed by atoms with E-state index in [1.54, 1.807) is 0 Å². The summed E-state index contributed by atoms with van der Waals surface area (Å²) in [6, 6.07) is 0.111. The zero-order chi connectivity index (χ0) is 9.72. The average molecular weight is 173 g/mol. The normalized spacial score (nSPS) is 10.9. The van der Waals surface area contributed by atoms with E-state index in [0.717, 1.165) is 0 Å². The Bertz CT molecular complexity index is 143. The Morgan fingerprint density at radius 3 is 2.08 bits per heavy atom. The van der Waals surface area contributed by atoms with Crippen molar-refractivity contribution in [3.8, 4) is 0 Å². The minimum atomic E-state index is 0.0405. The minimum Gasteiger partial charge on any atom is -0.273 e. The third kappa shape index (κ3) is 3.72. The second-order valence-corrected chi connectivity index (χ2v) is 3.32. The summed E-state index contributed by atoms with van der Waals surface area (Å²) in [4.78, 5) is 16.6. The maximum atomic E-state index is 11.3. The first-order chi connectivity index (χ1) is 5.49. The highest BCUT2D eigenvalue weighted by molar-refractivity contribution is 5.74. The van der Waals surface area contributed by atoms with Crippen LogP contribution in [0.5, 0.6) is 0 Å². The fourth-order valence-electron chi connectivity index (χ4n) is 0.851. The Morgan fingerprint density at radius 2 is 1.83 bits per heavy atom. The summed E-state index contributed by atoms with van der Waals surface area (Å²) in [7, 11) is 0. The van der Waals surface area contributed by atoms with Gasteiger partial charge in [0.1, 0.15) is 0 Å². The Kier molecular flexibility index (Phi) is 4.90. The summed E-state index contributed by atoms with van der Waals surface area (Å²) in [5, 5.41) is 1.45. The van der Waals surface area contributed by atoms with Crippen LogP contribution < -0.4 is 0 Å². The first kappa shape index (κ1) is 11.4. The van der Waals surface area contributed by atoms with E-state index in [9.17, 15) is 4.79 Å². The molecule has 0 aromatic rings. The summed E-state index contributed by atoms with van der Waals surface area (Å²) in [5.41, 5.74) is 0. The van der Waals surface area contributed by atoms with Gasteiger partial charge in [-0.1, -0.05) is 6.92 Å². The Labute approximate surface area is 74.6 Å². The van der Waals surface area contributed by atoms with Crippen molar-refractivity contribution in [1.29, 1.82) is 0 Å². The molecule has 0 saturated heterocycles. The van der Waals surface area contributed by atoms with Crippen LogP contribution in [-0.4, -0.2) is 23.1 Å². The topological polar surface area (TPSA) is 29.5 Å². The monoisotopic (exact) mass is 173 g/mol. The number of hydroxylamine groups is 2. The highest BCUT2D eigenvalue weighted by Gasteiger charge is 2.16. The third-order valence-electron chi connectivity index (χ3n) is 1.34. The lowest BCUT2D eigenvalue weighted by molar-refractivity contribution is -0.211. The molecule has 0 radical (unpaired) electrons. The van der Waals surface area contributed by atoms with E-state index >= 15 is 0 Å². The van der Waals surface area contributed by atoms with Gasteiger partial charge in [-0.25, -0.2) is 5.06 Å². The molecule has 72 valence electrons. The zero-order valence-electron chi connectivity index (χ0n) is 8.63. The predicted molar refractivity (Wildman–Crippen MR) is 48.5 cm³/mol. The van der Waals surface area contributed by atoms with E-state index < -0.39 is 0 Å². The molecule has 0 aliphatic rings. The van der Waals surface area contributed by atoms with Crippen molar-refractivity contribution >= 4 is 5.91 Å². The van der Waals surface area contributed by atoms with Gasteiger partial charge in [0, 0.05) is 6.42 Å². The van der Waals surface area contributed by atoms with Gasteiger partial charge in [0.2, 0.25) is 5.91 Å². The van der Waals surface area contributed by atoms with E-state index in [4.69, 9.17) is 4.84 Å². The molecule has 3 nitrogen and oxygen atoms in total. The molecule has 0 spiro atoms. The van der Waals surface area contributed by atoms with Crippen molar-refractivity contribution in [2.75, 3.05) is 0 Å². The molecule has 0 saturated carbocycles. The van der Waals surface area contributed by atoms with Crippen molar-refractivity contribution in [3.63, 3.8) is 0 Å². The fourth-order valence-corrected chi connectivity index (χ4v) is 0.851. The summed E-state index contributed by atoms with van der Waals surface area (Å²) in [5.74, 6) is 0.0405. The molecule has 12 heavy (non-hydrogen) atoms. The van der Waals surface area contributed by atoms with Gasteiger partial charge >= 0.3 is 0 Å². The molecule has 0 aromatic heterocycles. The minimum absolute atomic E-state index is 0.0405. The molecular weight excluding hydrogens is 154 g/mol. The van der Waals surface area contributed by atoms with E-state index in [2.05, 4.69) is 0 Å². The fraction of sp³-hybridized carbons (Fsp3) is 0.889. The van der Waals surface area contributed by atoms with Gasteiger partial charge in [0.25, 0.3) is 0 Å². The van der Waals surface area contributed by atoms with Gasteiger partial charge in [-0.05, 0) is 27.7 Å². The van der Waals surface area contributed by atoms with E-state index in [1.807, 2.05) is 34.6 Å². The number of carbonyl (C=O) groups excluding carboxylic acids is 1.